The molecule has 0 heterocycles. The predicted octanol–water partition coefficient (Wildman–Crippen LogP) is -4.02. The van der Waals surface area contributed by atoms with Crippen LogP contribution in [0.2, 0.25) is 0 Å². The zero-order chi connectivity index (χ0) is 13.5. The number of hydrogen-bond donors (Lipinski definition) is 0. The molecule has 0 spiro atoms. The van der Waals surface area contributed by atoms with Gasteiger partial charge in [0.2, 0.25) is 0 Å². The summed E-state index contributed by atoms with van der Waals surface area (Å²) in [6, 6.07) is 0. The molecule has 0 fully saturated rings. The summed E-state index contributed by atoms with van der Waals surface area (Å²) in [5.74, 6) is 0. The Balaban J connectivity index is -0.0000000277. The van der Waals surface area contributed by atoms with E-state index in [-0.39, 0.29) is 50.6 Å². The van der Waals surface area contributed by atoms with Gasteiger partial charge in [-0.25, -0.2) is 0 Å². The van der Waals surface area contributed by atoms with E-state index in [2.05, 4.69) is 0 Å². The maximum atomic E-state index is 8.52. The van der Waals surface area contributed by atoms with E-state index in [0.717, 1.165) is 0 Å². The number of hydrogen-bond acceptors (Lipinski definition) is 12. The summed E-state index contributed by atoms with van der Waals surface area (Å²) < 4.78 is 102. The van der Waals surface area contributed by atoms with E-state index < -0.39 is 31.2 Å². The largest absolute Gasteiger partial charge is 2.00 e. The molecule has 18 heteroatoms. The van der Waals surface area contributed by atoms with Crippen LogP contribution in [0.1, 0.15) is 0 Å². The van der Waals surface area contributed by atoms with E-state index in [1.807, 2.05) is 0 Å². The van der Waals surface area contributed by atoms with Crippen LogP contribution in [0.4, 0.5) is 0 Å². The molecule has 0 unspecified atom stereocenters. The maximum Gasteiger partial charge on any atom is 2.00 e. The molecule has 12 nitrogen and oxygen atoms in total. The molecule has 0 bridgehead atoms. The van der Waals surface area contributed by atoms with Crippen LogP contribution in [0.15, 0.2) is 0 Å². The minimum atomic E-state index is -5.17. The molecule has 0 rings (SSSR count). The van der Waals surface area contributed by atoms with Crippen molar-refractivity contribution in [3.63, 3.8) is 0 Å². The molecule has 0 aromatic rings. The SMILES string of the molecule is O=S(=O)([O-])[O-].O=S(=O)([O-])[O-].O=S(=O)([O-])[O-].[Fe+2].[Mn+2].[Ni+2]. The van der Waals surface area contributed by atoms with Crippen molar-refractivity contribution < 1.29 is 103 Å². The summed E-state index contributed by atoms with van der Waals surface area (Å²) in [6.07, 6.45) is 0. The van der Waals surface area contributed by atoms with Gasteiger partial charge in [0, 0.05) is 31.2 Å². The molecule has 18 heavy (non-hydrogen) atoms. The standard InChI is InChI=1S/Fe.Mn.Ni.3H2O4S/c;;;3*1-5(2,3)4/h;;;3*(H2,1,2,3,4)/q3*+2;;;/p-6. The number of rotatable bonds is 0. The Bertz CT molecular complexity index is 348. The first-order chi connectivity index (χ1) is 6.00. The van der Waals surface area contributed by atoms with Gasteiger partial charge in [-0.2, -0.15) is 0 Å². The van der Waals surface area contributed by atoms with Crippen molar-refractivity contribution in [3.8, 4) is 0 Å². The van der Waals surface area contributed by atoms with Gasteiger partial charge >= 0.3 is 50.6 Å². The molecule has 0 atom stereocenters. The van der Waals surface area contributed by atoms with Crippen LogP contribution in [0, 0.1) is 0 Å². The topological polar surface area (TPSA) is 241 Å². The van der Waals surface area contributed by atoms with Gasteiger partial charge in [0.05, 0.1) is 0 Å². The molecule has 0 saturated heterocycles. The van der Waals surface area contributed by atoms with Crippen LogP contribution >= 0.6 is 0 Å². The fraction of sp³-hybridized carbons (Fsp3) is 0. The van der Waals surface area contributed by atoms with Crippen molar-refractivity contribution in [2.45, 2.75) is 0 Å². The Morgan fingerprint density at radius 1 is 0.500 bits per heavy atom. The molecule has 0 aliphatic rings. The average molecular weight is 458 g/mol. The Morgan fingerprint density at radius 2 is 0.500 bits per heavy atom. The predicted molar refractivity (Wildman–Crippen MR) is 31.4 cm³/mol. The van der Waals surface area contributed by atoms with Crippen LogP contribution in [0.25, 0.3) is 0 Å². The van der Waals surface area contributed by atoms with Gasteiger partial charge in [-0.15, -0.1) is 0 Å². The molecule has 0 aliphatic carbocycles. The van der Waals surface area contributed by atoms with Crippen LogP contribution < -0.4 is 0 Å². The summed E-state index contributed by atoms with van der Waals surface area (Å²) in [5.41, 5.74) is 0. The molecule has 0 aliphatic heterocycles. The Labute approximate surface area is 134 Å². The summed E-state index contributed by atoms with van der Waals surface area (Å²) >= 11 is 0. The Hall–Kier alpha value is 1.14. The van der Waals surface area contributed by atoms with E-state index in [1.165, 1.54) is 0 Å². The zero-order valence-corrected chi connectivity index (χ0v) is 12.9. The normalized spacial score (nSPS) is 9.67. The fourth-order valence-corrected chi connectivity index (χ4v) is 0. The molecule has 0 amide bonds. The van der Waals surface area contributed by atoms with Crippen molar-refractivity contribution in [1.82, 2.24) is 0 Å². The third-order valence-corrected chi connectivity index (χ3v) is 0. The van der Waals surface area contributed by atoms with E-state index in [4.69, 9.17) is 52.6 Å². The molecule has 0 aromatic carbocycles. The quantitative estimate of drug-likeness (QED) is 0.192. The van der Waals surface area contributed by atoms with Crippen LogP contribution in [-0.4, -0.2) is 52.6 Å². The van der Waals surface area contributed by atoms with Gasteiger partial charge in [-0.1, -0.05) is 0 Å². The second kappa shape index (κ2) is 14.5. The van der Waals surface area contributed by atoms with E-state index in [1.54, 1.807) is 0 Å². The van der Waals surface area contributed by atoms with Crippen molar-refractivity contribution in [1.29, 1.82) is 0 Å². The van der Waals surface area contributed by atoms with Gasteiger partial charge in [-0.3, -0.25) is 25.3 Å². The van der Waals surface area contributed by atoms with Crippen molar-refractivity contribution >= 4 is 31.2 Å². The van der Waals surface area contributed by atoms with Crippen LogP contribution in [0.3, 0.4) is 0 Å². The van der Waals surface area contributed by atoms with Gasteiger partial charge in [0.15, 0.2) is 0 Å². The Kier molecular flexibility index (Phi) is 29.5. The summed E-state index contributed by atoms with van der Waals surface area (Å²) in [7, 11) is -15.5. The molecule has 0 aromatic heterocycles. The van der Waals surface area contributed by atoms with Gasteiger partial charge in [0.25, 0.3) is 0 Å². The first-order valence-electron chi connectivity index (χ1n) is 2.00. The second-order valence-electron chi connectivity index (χ2n) is 1.22. The summed E-state index contributed by atoms with van der Waals surface area (Å²) in [6.45, 7) is 0. The van der Waals surface area contributed by atoms with Crippen molar-refractivity contribution in [2.24, 2.45) is 0 Å². The summed E-state index contributed by atoms with van der Waals surface area (Å²) in [4.78, 5) is 0. The van der Waals surface area contributed by atoms with E-state index in [0.29, 0.717) is 0 Å². The minimum Gasteiger partial charge on any atom is -0.759 e. The Morgan fingerprint density at radius 3 is 0.500 bits per heavy atom. The smallest absolute Gasteiger partial charge is 0.759 e. The maximum absolute atomic E-state index is 8.52. The molecular formula is FeMnNiO12S3. The van der Waals surface area contributed by atoms with E-state index >= 15 is 0 Å². The zero-order valence-electron chi connectivity index (χ0n) is 7.17. The molecule has 0 saturated carbocycles. The third-order valence-electron chi connectivity index (χ3n) is 0. The first kappa shape index (κ1) is 36.5. The molecule has 1 radical (unpaired) electrons. The van der Waals surface area contributed by atoms with E-state index in [9.17, 15) is 0 Å². The molecule has 0 N–H and O–H groups in total. The molecular weight excluding hydrogens is 458 g/mol. The van der Waals surface area contributed by atoms with Crippen LogP contribution in [-0.2, 0) is 81.8 Å². The molecule has 115 valence electrons. The van der Waals surface area contributed by atoms with Gasteiger partial charge in [-0.05, 0) is 0 Å². The third kappa shape index (κ3) is 3420. The average Bonchev–Trinajstić information content (AvgIpc) is 1.41. The van der Waals surface area contributed by atoms with Crippen molar-refractivity contribution in [2.75, 3.05) is 0 Å². The first-order valence-corrected chi connectivity index (χ1v) is 6.00. The monoisotopic (exact) mass is 457 g/mol. The second-order valence-corrected chi connectivity index (χ2v) is 3.67. The minimum absolute atomic E-state index is 0. The fourth-order valence-electron chi connectivity index (χ4n) is 0. The summed E-state index contributed by atoms with van der Waals surface area (Å²) in [5, 5.41) is 0. The van der Waals surface area contributed by atoms with Crippen molar-refractivity contribution in [3.05, 3.63) is 0 Å². The van der Waals surface area contributed by atoms with Gasteiger partial charge < -0.3 is 27.3 Å². The van der Waals surface area contributed by atoms with Crippen LogP contribution in [0.5, 0.6) is 0 Å². The van der Waals surface area contributed by atoms with Gasteiger partial charge in [0.1, 0.15) is 0 Å².